The summed E-state index contributed by atoms with van der Waals surface area (Å²) < 4.78 is 37.5. The van der Waals surface area contributed by atoms with Crippen molar-refractivity contribution in [1.29, 1.82) is 5.26 Å². The zero-order valence-electron chi connectivity index (χ0n) is 6.31. The van der Waals surface area contributed by atoms with Gasteiger partial charge in [-0.1, -0.05) is 0 Å². The van der Waals surface area contributed by atoms with Crippen molar-refractivity contribution in [3.8, 4) is 11.8 Å². The lowest BCUT2D eigenvalue weighted by molar-refractivity contribution is 0.382. The third-order valence-electron chi connectivity index (χ3n) is 1.48. The lowest BCUT2D eigenvalue weighted by Gasteiger charge is -2.02. The Bertz CT molecular complexity index is 384. The second-order valence-electron chi connectivity index (χ2n) is 2.33. The molecule has 0 heterocycles. The summed E-state index contributed by atoms with van der Waals surface area (Å²) in [5.74, 6) is -5.83. The molecule has 0 saturated heterocycles. The molecule has 5 heteroatoms. The van der Waals surface area contributed by atoms with Gasteiger partial charge < -0.3 is 5.11 Å². The molecule has 0 fully saturated rings. The second-order valence-corrected chi connectivity index (χ2v) is 2.33. The molecular weight excluding hydrogens is 183 g/mol. The van der Waals surface area contributed by atoms with Gasteiger partial charge in [-0.25, -0.2) is 8.78 Å². The van der Waals surface area contributed by atoms with Gasteiger partial charge in [0.2, 0.25) is 5.82 Å². The molecule has 0 aliphatic rings. The number of hydrogen-bond acceptors (Lipinski definition) is 2. The maximum atomic E-state index is 12.6. The summed E-state index contributed by atoms with van der Waals surface area (Å²) >= 11 is 0. The van der Waals surface area contributed by atoms with E-state index in [2.05, 4.69) is 0 Å². The van der Waals surface area contributed by atoms with Gasteiger partial charge in [0.05, 0.1) is 12.5 Å². The Kier molecular flexibility index (Phi) is 2.42. The maximum Gasteiger partial charge on any atom is 0.203 e. The molecule has 0 aromatic heterocycles. The van der Waals surface area contributed by atoms with Crippen LogP contribution < -0.4 is 0 Å². The largest absolute Gasteiger partial charge is 0.505 e. The zero-order valence-corrected chi connectivity index (χ0v) is 6.31. The highest BCUT2D eigenvalue weighted by Gasteiger charge is 2.17. The third-order valence-corrected chi connectivity index (χ3v) is 1.48. The van der Waals surface area contributed by atoms with E-state index in [9.17, 15) is 13.2 Å². The van der Waals surface area contributed by atoms with Crippen LogP contribution in [0.1, 0.15) is 5.56 Å². The number of phenols is 1. The molecule has 68 valence electrons. The van der Waals surface area contributed by atoms with Crippen molar-refractivity contribution >= 4 is 0 Å². The van der Waals surface area contributed by atoms with Crippen LogP contribution in [0.15, 0.2) is 6.07 Å². The number of benzene rings is 1. The Labute approximate surface area is 71.8 Å². The van der Waals surface area contributed by atoms with Gasteiger partial charge in [-0.2, -0.15) is 9.65 Å². The highest BCUT2D eigenvalue weighted by molar-refractivity contribution is 5.36. The monoisotopic (exact) mass is 187 g/mol. The minimum atomic E-state index is -1.74. The smallest absolute Gasteiger partial charge is 0.203 e. The average Bonchev–Trinajstić information content (AvgIpc) is 2.11. The fourth-order valence-corrected chi connectivity index (χ4v) is 0.854. The summed E-state index contributed by atoms with van der Waals surface area (Å²) in [6, 6.07) is 2.18. The van der Waals surface area contributed by atoms with Crippen molar-refractivity contribution < 1.29 is 18.3 Å². The summed E-state index contributed by atoms with van der Waals surface area (Å²) in [6.07, 6.45) is -0.375. The summed E-state index contributed by atoms with van der Waals surface area (Å²) in [4.78, 5) is 0. The Morgan fingerprint density at radius 2 is 1.92 bits per heavy atom. The predicted octanol–water partition coefficient (Wildman–Crippen LogP) is 1.88. The van der Waals surface area contributed by atoms with E-state index in [0.717, 1.165) is 0 Å². The van der Waals surface area contributed by atoms with Gasteiger partial charge in [0.25, 0.3) is 0 Å². The number of aromatic hydroxyl groups is 1. The summed E-state index contributed by atoms with van der Waals surface area (Å²) in [5, 5.41) is 17.1. The van der Waals surface area contributed by atoms with Crippen molar-refractivity contribution in [2.24, 2.45) is 0 Å². The minimum absolute atomic E-state index is 0.265. The van der Waals surface area contributed by atoms with E-state index in [0.29, 0.717) is 6.07 Å². The molecule has 1 N–H and O–H groups in total. The van der Waals surface area contributed by atoms with E-state index in [1.165, 1.54) is 0 Å². The molecule has 0 unspecified atom stereocenters. The minimum Gasteiger partial charge on any atom is -0.505 e. The van der Waals surface area contributed by atoms with Crippen molar-refractivity contribution in [3.63, 3.8) is 0 Å². The molecule has 1 rings (SSSR count). The number of rotatable bonds is 1. The highest BCUT2D eigenvalue weighted by atomic mass is 19.2. The Balaban J connectivity index is 3.34. The van der Waals surface area contributed by atoms with Crippen LogP contribution >= 0.6 is 0 Å². The lowest BCUT2D eigenvalue weighted by atomic mass is 10.1. The number of halogens is 3. The fraction of sp³-hybridized carbons (Fsp3) is 0.125. The number of hydrogen-bond donors (Lipinski definition) is 1. The molecule has 0 amide bonds. The van der Waals surface area contributed by atoms with E-state index in [-0.39, 0.29) is 12.0 Å². The van der Waals surface area contributed by atoms with Crippen LogP contribution in [0.5, 0.6) is 5.75 Å². The normalized spacial score (nSPS) is 9.69. The van der Waals surface area contributed by atoms with Gasteiger partial charge in [0.15, 0.2) is 17.4 Å². The van der Waals surface area contributed by atoms with Gasteiger partial charge in [0.1, 0.15) is 0 Å². The molecule has 0 aliphatic heterocycles. The first-order chi connectivity index (χ1) is 6.07. The molecule has 1 aromatic carbocycles. The molecule has 2 nitrogen and oxygen atoms in total. The Morgan fingerprint density at radius 3 is 2.46 bits per heavy atom. The first-order valence-electron chi connectivity index (χ1n) is 3.30. The average molecular weight is 187 g/mol. The number of phenolic OH excluding ortho intramolecular Hbond substituents is 1. The van der Waals surface area contributed by atoms with E-state index >= 15 is 0 Å². The van der Waals surface area contributed by atoms with E-state index in [1.807, 2.05) is 0 Å². The van der Waals surface area contributed by atoms with Crippen LogP contribution in [-0.4, -0.2) is 5.11 Å². The molecule has 0 radical (unpaired) electrons. The summed E-state index contributed by atoms with van der Waals surface area (Å²) in [6.45, 7) is 0. The second kappa shape index (κ2) is 3.35. The third kappa shape index (κ3) is 1.56. The Hall–Kier alpha value is -1.70. The van der Waals surface area contributed by atoms with Crippen LogP contribution in [0.2, 0.25) is 0 Å². The molecule has 0 atom stereocenters. The van der Waals surface area contributed by atoms with Crippen molar-refractivity contribution in [3.05, 3.63) is 29.1 Å². The van der Waals surface area contributed by atoms with Gasteiger partial charge in [-0.05, 0) is 6.07 Å². The Morgan fingerprint density at radius 1 is 1.31 bits per heavy atom. The van der Waals surface area contributed by atoms with Crippen LogP contribution in [-0.2, 0) is 6.42 Å². The lowest BCUT2D eigenvalue weighted by Crippen LogP contribution is -1.95. The van der Waals surface area contributed by atoms with Crippen molar-refractivity contribution in [2.75, 3.05) is 0 Å². The van der Waals surface area contributed by atoms with Gasteiger partial charge in [-0.3, -0.25) is 0 Å². The van der Waals surface area contributed by atoms with E-state index < -0.39 is 23.2 Å². The van der Waals surface area contributed by atoms with E-state index in [1.54, 1.807) is 6.07 Å². The summed E-state index contributed by atoms with van der Waals surface area (Å²) in [5.41, 5.74) is -0.265. The quantitative estimate of drug-likeness (QED) is 0.682. The molecule has 1 aromatic rings. The molecule has 0 spiro atoms. The van der Waals surface area contributed by atoms with Gasteiger partial charge in [-0.15, -0.1) is 0 Å². The van der Waals surface area contributed by atoms with E-state index in [4.69, 9.17) is 10.4 Å². The van der Waals surface area contributed by atoms with Crippen LogP contribution in [0, 0.1) is 28.8 Å². The first-order valence-corrected chi connectivity index (χ1v) is 3.30. The van der Waals surface area contributed by atoms with Crippen LogP contribution in [0.3, 0.4) is 0 Å². The molecule has 0 saturated carbocycles. The predicted molar refractivity (Wildman–Crippen MR) is 37.3 cm³/mol. The van der Waals surface area contributed by atoms with Crippen molar-refractivity contribution in [1.82, 2.24) is 0 Å². The van der Waals surface area contributed by atoms with Gasteiger partial charge >= 0.3 is 0 Å². The highest BCUT2D eigenvalue weighted by Crippen LogP contribution is 2.25. The molecule has 0 aliphatic carbocycles. The number of nitriles is 1. The number of nitrogens with zero attached hydrogens (tertiary/aromatic N) is 1. The molecule has 0 bridgehead atoms. The van der Waals surface area contributed by atoms with Crippen LogP contribution in [0.4, 0.5) is 13.2 Å². The molecule has 13 heavy (non-hydrogen) atoms. The van der Waals surface area contributed by atoms with Crippen LogP contribution in [0.25, 0.3) is 0 Å². The molecular formula is C8H4F3NO. The summed E-state index contributed by atoms with van der Waals surface area (Å²) in [7, 11) is 0. The standard InChI is InChI=1S/C8H4F3NO/c9-5-3-4(1-2-12)8(13)7(11)6(5)10/h3,13H,1H2. The van der Waals surface area contributed by atoms with Gasteiger partial charge in [0, 0.05) is 5.56 Å². The first kappa shape index (κ1) is 9.39. The zero-order chi connectivity index (χ0) is 10.0. The SMILES string of the molecule is N#CCc1cc(F)c(F)c(F)c1O. The maximum absolute atomic E-state index is 12.6. The fourth-order valence-electron chi connectivity index (χ4n) is 0.854. The topological polar surface area (TPSA) is 44.0 Å². The van der Waals surface area contributed by atoms with Crippen molar-refractivity contribution in [2.45, 2.75) is 6.42 Å².